The summed E-state index contributed by atoms with van der Waals surface area (Å²) in [6.07, 6.45) is 1.42. The summed E-state index contributed by atoms with van der Waals surface area (Å²) in [5.74, 6) is -1.67. The second kappa shape index (κ2) is 5.56. The quantitative estimate of drug-likeness (QED) is 0.917. The van der Waals surface area contributed by atoms with Crippen molar-refractivity contribution in [3.63, 3.8) is 0 Å². The number of hydrogen-bond donors (Lipinski definition) is 1. The number of hydrogen-bond acceptors (Lipinski definition) is 3. The zero-order valence-corrected chi connectivity index (χ0v) is 10.4. The van der Waals surface area contributed by atoms with Crippen LogP contribution in [0.5, 0.6) is 0 Å². The Kier molecular flexibility index (Phi) is 3.85. The molecular formula is C14H13FN2O2. The Morgan fingerprint density at radius 1 is 1.42 bits per heavy atom. The van der Waals surface area contributed by atoms with Crippen LogP contribution in [0.15, 0.2) is 36.5 Å². The maximum atomic E-state index is 13.3. The summed E-state index contributed by atoms with van der Waals surface area (Å²) in [6.45, 7) is 1.65. The Bertz CT molecular complexity index is 587. The van der Waals surface area contributed by atoms with Gasteiger partial charge >= 0.3 is 5.97 Å². The highest BCUT2D eigenvalue weighted by molar-refractivity contribution is 5.68. The highest BCUT2D eigenvalue weighted by Gasteiger charge is 2.20. The lowest BCUT2D eigenvalue weighted by Gasteiger charge is -2.15. The van der Waals surface area contributed by atoms with Crippen LogP contribution in [0.25, 0.3) is 0 Å². The molecule has 2 aromatic rings. The van der Waals surface area contributed by atoms with E-state index in [4.69, 9.17) is 5.11 Å². The third-order valence-electron chi connectivity index (χ3n) is 2.91. The standard InChI is InChI=1S/C14H13FN2O2/c1-9-7-10(4-5-12(9)15)11(8-14(18)19)13-3-2-6-16-17-13/h2-7,11H,8H2,1H3,(H,18,19). The molecule has 0 bridgehead atoms. The molecular weight excluding hydrogens is 247 g/mol. The molecule has 1 heterocycles. The molecule has 0 fully saturated rings. The molecule has 0 spiro atoms. The topological polar surface area (TPSA) is 63.1 Å². The van der Waals surface area contributed by atoms with Crippen LogP contribution in [0, 0.1) is 12.7 Å². The van der Waals surface area contributed by atoms with Gasteiger partial charge in [-0.15, -0.1) is 0 Å². The molecule has 1 atom stereocenters. The summed E-state index contributed by atoms with van der Waals surface area (Å²) in [7, 11) is 0. The van der Waals surface area contributed by atoms with E-state index in [1.54, 1.807) is 31.2 Å². The van der Waals surface area contributed by atoms with Crippen LogP contribution in [0.4, 0.5) is 4.39 Å². The minimum atomic E-state index is -0.933. The molecule has 98 valence electrons. The van der Waals surface area contributed by atoms with Crippen molar-refractivity contribution in [2.75, 3.05) is 0 Å². The number of rotatable bonds is 4. The Morgan fingerprint density at radius 3 is 2.79 bits per heavy atom. The molecule has 4 nitrogen and oxygen atoms in total. The van der Waals surface area contributed by atoms with Gasteiger partial charge in [-0.3, -0.25) is 4.79 Å². The molecule has 5 heteroatoms. The summed E-state index contributed by atoms with van der Waals surface area (Å²) in [6, 6.07) is 8.00. The third kappa shape index (κ3) is 3.13. The van der Waals surface area contributed by atoms with Gasteiger partial charge in [-0.1, -0.05) is 12.1 Å². The molecule has 0 saturated carbocycles. The van der Waals surface area contributed by atoms with Crippen molar-refractivity contribution in [1.82, 2.24) is 10.2 Å². The normalized spacial score (nSPS) is 12.1. The molecule has 2 rings (SSSR count). The van der Waals surface area contributed by atoms with Crippen molar-refractivity contribution in [3.05, 3.63) is 59.2 Å². The smallest absolute Gasteiger partial charge is 0.304 e. The zero-order valence-electron chi connectivity index (χ0n) is 10.4. The number of aromatic nitrogens is 2. The number of aliphatic carboxylic acids is 1. The maximum Gasteiger partial charge on any atom is 0.304 e. The number of aryl methyl sites for hydroxylation is 1. The molecule has 0 saturated heterocycles. The average Bonchev–Trinajstić information content (AvgIpc) is 2.40. The largest absolute Gasteiger partial charge is 0.481 e. The number of nitrogens with zero attached hydrogens (tertiary/aromatic N) is 2. The van der Waals surface area contributed by atoms with Crippen molar-refractivity contribution in [2.24, 2.45) is 0 Å². The van der Waals surface area contributed by atoms with E-state index in [9.17, 15) is 9.18 Å². The second-order valence-electron chi connectivity index (χ2n) is 4.31. The third-order valence-corrected chi connectivity index (χ3v) is 2.91. The summed E-state index contributed by atoms with van der Waals surface area (Å²) in [5.41, 5.74) is 1.77. The van der Waals surface area contributed by atoms with Crippen LogP contribution in [0.3, 0.4) is 0 Å². The van der Waals surface area contributed by atoms with E-state index in [0.717, 1.165) is 5.56 Å². The average molecular weight is 260 g/mol. The van der Waals surface area contributed by atoms with Crippen molar-refractivity contribution in [1.29, 1.82) is 0 Å². The Hall–Kier alpha value is -2.30. The van der Waals surface area contributed by atoms with Gasteiger partial charge in [-0.05, 0) is 36.2 Å². The molecule has 1 N–H and O–H groups in total. The van der Waals surface area contributed by atoms with Gasteiger partial charge in [-0.2, -0.15) is 10.2 Å². The van der Waals surface area contributed by atoms with Crippen molar-refractivity contribution in [3.8, 4) is 0 Å². The van der Waals surface area contributed by atoms with Gasteiger partial charge in [0.2, 0.25) is 0 Å². The van der Waals surface area contributed by atoms with Crippen LogP contribution in [-0.4, -0.2) is 21.3 Å². The highest BCUT2D eigenvalue weighted by Crippen LogP contribution is 2.27. The van der Waals surface area contributed by atoms with E-state index in [0.29, 0.717) is 11.3 Å². The predicted molar refractivity (Wildman–Crippen MR) is 67.3 cm³/mol. The van der Waals surface area contributed by atoms with Crippen molar-refractivity contribution < 1.29 is 14.3 Å². The zero-order chi connectivity index (χ0) is 13.8. The lowest BCUT2D eigenvalue weighted by atomic mass is 9.91. The molecule has 0 aliphatic rings. The highest BCUT2D eigenvalue weighted by atomic mass is 19.1. The van der Waals surface area contributed by atoms with Crippen LogP contribution >= 0.6 is 0 Å². The number of halogens is 1. The fraction of sp³-hybridized carbons (Fsp3) is 0.214. The molecule has 0 amide bonds. The SMILES string of the molecule is Cc1cc(C(CC(=O)O)c2cccnn2)ccc1F. The fourth-order valence-electron chi connectivity index (χ4n) is 1.95. The molecule has 19 heavy (non-hydrogen) atoms. The van der Waals surface area contributed by atoms with E-state index < -0.39 is 11.9 Å². The van der Waals surface area contributed by atoms with Crippen LogP contribution in [0.2, 0.25) is 0 Å². The predicted octanol–water partition coefficient (Wildman–Crippen LogP) is 2.53. The maximum absolute atomic E-state index is 13.3. The van der Waals surface area contributed by atoms with Gasteiger partial charge < -0.3 is 5.11 Å². The van der Waals surface area contributed by atoms with Crippen LogP contribution < -0.4 is 0 Å². The van der Waals surface area contributed by atoms with E-state index in [-0.39, 0.29) is 12.2 Å². The second-order valence-corrected chi connectivity index (χ2v) is 4.31. The Labute approximate surface area is 109 Å². The molecule has 0 radical (unpaired) electrons. The number of carbonyl (C=O) groups is 1. The van der Waals surface area contributed by atoms with E-state index in [1.807, 2.05) is 0 Å². The Morgan fingerprint density at radius 2 is 2.21 bits per heavy atom. The minimum absolute atomic E-state index is 0.107. The summed E-state index contributed by atoms with van der Waals surface area (Å²) in [4.78, 5) is 11.0. The van der Waals surface area contributed by atoms with Gasteiger partial charge in [-0.25, -0.2) is 4.39 Å². The molecule has 1 aromatic heterocycles. The first-order chi connectivity index (χ1) is 9.08. The Balaban J connectivity index is 2.42. The molecule has 1 unspecified atom stereocenters. The lowest BCUT2D eigenvalue weighted by molar-refractivity contribution is -0.137. The molecule has 0 aliphatic carbocycles. The molecule has 1 aromatic carbocycles. The van der Waals surface area contributed by atoms with E-state index >= 15 is 0 Å². The minimum Gasteiger partial charge on any atom is -0.481 e. The monoisotopic (exact) mass is 260 g/mol. The van der Waals surface area contributed by atoms with Gasteiger partial charge in [0.15, 0.2) is 0 Å². The number of carboxylic acids is 1. The van der Waals surface area contributed by atoms with Gasteiger partial charge in [0.1, 0.15) is 5.82 Å². The molecule has 0 aliphatic heterocycles. The van der Waals surface area contributed by atoms with Crippen LogP contribution in [-0.2, 0) is 4.79 Å². The first-order valence-electron chi connectivity index (χ1n) is 5.83. The first-order valence-corrected chi connectivity index (χ1v) is 5.83. The van der Waals surface area contributed by atoms with Gasteiger partial charge in [0.05, 0.1) is 12.1 Å². The van der Waals surface area contributed by atoms with Crippen molar-refractivity contribution >= 4 is 5.97 Å². The first kappa shape index (κ1) is 13.1. The van der Waals surface area contributed by atoms with E-state index in [2.05, 4.69) is 10.2 Å². The van der Waals surface area contributed by atoms with Crippen molar-refractivity contribution in [2.45, 2.75) is 19.3 Å². The summed E-state index contributed by atoms with van der Waals surface area (Å²) < 4.78 is 13.3. The lowest BCUT2D eigenvalue weighted by Crippen LogP contribution is -2.10. The fourth-order valence-corrected chi connectivity index (χ4v) is 1.95. The number of benzene rings is 1. The van der Waals surface area contributed by atoms with Gasteiger partial charge in [0, 0.05) is 12.1 Å². The summed E-state index contributed by atoms with van der Waals surface area (Å²) in [5, 5.41) is 16.7. The number of carboxylic acid groups (broad SMARTS) is 1. The van der Waals surface area contributed by atoms with E-state index in [1.165, 1.54) is 12.3 Å². The summed E-state index contributed by atoms with van der Waals surface area (Å²) >= 11 is 0. The van der Waals surface area contributed by atoms with Gasteiger partial charge in [0.25, 0.3) is 0 Å². The van der Waals surface area contributed by atoms with Crippen LogP contribution in [0.1, 0.15) is 29.2 Å².